The zero-order valence-electron chi connectivity index (χ0n) is 19.1. The number of nitrogens with two attached hydrogens (primary N) is 1. The fourth-order valence-corrected chi connectivity index (χ4v) is 3.95. The Hall–Kier alpha value is -3.70. The van der Waals surface area contributed by atoms with E-state index in [1.165, 1.54) is 5.56 Å². The highest BCUT2D eigenvalue weighted by Crippen LogP contribution is 2.22. The first kappa shape index (κ1) is 23.5. The van der Waals surface area contributed by atoms with Gasteiger partial charge in [-0.15, -0.1) is 0 Å². The summed E-state index contributed by atoms with van der Waals surface area (Å²) >= 11 is 5.38. The molecule has 1 aliphatic carbocycles. The molecule has 0 atom stereocenters. The smallest absolute Gasteiger partial charge is 0.132 e. The number of benzene rings is 3. The van der Waals surface area contributed by atoms with Crippen LogP contribution >= 0.6 is 12.2 Å². The molecule has 0 amide bonds. The summed E-state index contributed by atoms with van der Waals surface area (Å²) < 4.78 is 5.96. The van der Waals surface area contributed by atoms with Crippen LogP contribution in [0.25, 0.3) is 0 Å². The van der Waals surface area contributed by atoms with Gasteiger partial charge in [0.1, 0.15) is 11.6 Å². The van der Waals surface area contributed by atoms with Gasteiger partial charge in [-0.1, -0.05) is 66.8 Å². The van der Waals surface area contributed by atoms with Crippen molar-refractivity contribution >= 4 is 40.0 Å². The lowest BCUT2D eigenvalue weighted by molar-refractivity contribution is 0.307. The van der Waals surface area contributed by atoms with Gasteiger partial charge in [0, 0.05) is 34.3 Å². The quantitative estimate of drug-likeness (QED) is 0.145. The summed E-state index contributed by atoms with van der Waals surface area (Å²) in [5, 5.41) is 3.39. The molecule has 172 valence electrons. The van der Waals surface area contributed by atoms with Gasteiger partial charge in [-0.05, 0) is 61.2 Å². The molecule has 1 aliphatic rings. The number of thiocarbonyl (C=S) groups is 1. The highest BCUT2D eigenvalue weighted by molar-refractivity contribution is 7.81. The first-order valence-corrected chi connectivity index (χ1v) is 12.0. The summed E-state index contributed by atoms with van der Waals surface area (Å²) in [6.07, 6.45) is 9.71. The first-order valence-electron chi connectivity index (χ1n) is 11.6. The number of nitrogens with one attached hydrogen (secondary N) is 1. The van der Waals surface area contributed by atoms with E-state index in [-0.39, 0.29) is 0 Å². The summed E-state index contributed by atoms with van der Waals surface area (Å²) in [5.74, 6) is 1.35. The Morgan fingerprint density at radius 2 is 1.74 bits per heavy atom. The fraction of sp³-hybridized carbons (Fsp3) is 0.172. The lowest BCUT2D eigenvalue weighted by Gasteiger charge is -2.10. The van der Waals surface area contributed by atoms with E-state index in [2.05, 4.69) is 22.4 Å². The van der Waals surface area contributed by atoms with Crippen LogP contribution in [0.15, 0.2) is 108 Å². The van der Waals surface area contributed by atoms with Gasteiger partial charge in [-0.2, -0.15) is 0 Å². The molecule has 4 rings (SSSR count). The van der Waals surface area contributed by atoms with Crippen LogP contribution in [0.2, 0.25) is 0 Å². The number of unbranched alkanes of at least 4 members (excludes halogenated alkanes) is 1. The Balaban J connectivity index is 1.21. The van der Waals surface area contributed by atoms with E-state index in [4.69, 9.17) is 22.7 Å². The van der Waals surface area contributed by atoms with Crippen molar-refractivity contribution in [2.45, 2.75) is 25.7 Å². The Labute approximate surface area is 206 Å². The second-order valence-corrected chi connectivity index (χ2v) is 8.62. The van der Waals surface area contributed by atoms with Gasteiger partial charge in [0.25, 0.3) is 0 Å². The van der Waals surface area contributed by atoms with Crippen molar-refractivity contribution in [2.75, 3.05) is 11.9 Å². The van der Waals surface area contributed by atoms with Crippen LogP contribution < -0.4 is 15.8 Å². The average Bonchev–Trinajstić information content (AvgIpc) is 2.86. The molecule has 3 aromatic rings. The molecular weight excluding hydrogens is 438 g/mol. The van der Waals surface area contributed by atoms with E-state index in [9.17, 15) is 0 Å². The molecule has 0 saturated carbocycles. The number of para-hydroxylation sites is 1. The average molecular weight is 468 g/mol. The van der Waals surface area contributed by atoms with Gasteiger partial charge in [0.15, 0.2) is 0 Å². The number of amidine groups is 1. The van der Waals surface area contributed by atoms with Crippen LogP contribution in [-0.2, 0) is 6.42 Å². The molecule has 0 aliphatic heterocycles. The zero-order valence-corrected chi connectivity index (χ0v) is 19.9. The van der Waals surface area contributed by atoms with E-state index in [1.807, 2.05) is 85.0 Å². The van der Waals surface area contributed by atoms with Crippen LogP contribution in [-0.4, -0.2) is 17.3 Å². The van der Waals surface area contributed by atoms with Crippen molar-refractivity contribution in [1.29, 1.82) is 0 Å². The van der Waals surface area contributed by atoms with E-state index < -0.39 is 0 Å². The lowest BCUT2D eigenvalue weighted by atomic mass is 10.0. The third kappa shape index (κ3) is 6.90. The van der Waals surface area contributed by atoms with Crippen molar-refractivity contribution in [3.05, 3.63) is 108 Å². The van der Waals surface area contributed by atoms with Crippen LogP contribution in [0.1, 0.15) is 24.8 Å². The van der Waals surface area contributed by atoms with E-state index >= 15 is 0 Å². The van der Waals surface area contributed by atoms with Crippen molar-refractivity contribution in [2.24, 2.45) is 10.7 Å². The van der Waals surface area contributed by atoms with Crippen LogP contribution in [0.4, 0.5) is 17.1 Å². The lowest BCUT2D eigenvalue weighted by Crippen LogP contribution is -2.20. The van der Waals surface area contributed by atoms with E-state index in [1.54, 1.807) is 0 Å². The number of allylic oxidation sites excluding steroid dienone is 3. The second kappa shape index (κ2) is 12.0. The summed E-state index contributed by atoms with van der Waals surface area (Å²) in [5.41, 5.74) is 11.2. The van der Waals surface area contributed by atoms with Gasteiger partial charge >= 0.3 is 0 Å². The number of nitrogens with zero attached hydrogens (tertiary/aromatic N) is 1. The van der Waals surface area contributed by atoms with Crippen molar-refractivity contribution in [1.82, 2.24) is 0 Å². The molecule has 4 nitrogen and oxygen atoms in total. The molecule has 0 radical (unpaired) electrons. The Morgan fingerprint density at radius 1 is 0.941 bits per heavy atom. The van der Waals surface area contributed by atoms with Gasteiger partial charge in [0.2, 0.25) is 0 Å². The SMILES string of the molecule is NC(=Nc1ccc(CCCCOc2cccc(Nc3ccccc3)c2)cc1)C1=CC=CCC1=S. The number of aryl methyl sites for hydroxylation is 1. The van der Waals surface area contributed by atoms with E-state index in [0.29, 0.717) is 12.4 Å². The number of ether oxygens (including phenoxy) is 1. The fourth-order valence-electron chi connectivity index (χ4n) is 3.68. The highest BCUT2D eigenvalue weighted by Gasteiger charge is 2.10. The third-order valence-corrected chi connectivity index (χ3v) is 5.88. The molecule has 5 heteroatoms. The van der Waals surface area contributed by atoms with Crippen molar-refractivity contribution in [3.63, 3.8) is 0 Å². The maximum atomic E-state index is 6.16. The van der Waals surface area contributed by atoms with Gasteiger partial charge in [-0.25, -0.2) is 4.99 Å². The number of anilines is 2. The predicted octanol–water partition coefficient (Wildman–Crippen LogP) is 7.08. The maximum Gasteiger partial charge on any atom is 0.132 e. The monoisotopic (exact) mass is 467 g/mol. The van der Waals surface area contributed by atoms with Crippen LogP contribution in [0, 0.1) is 0 Å². The third-order valence-electron chi connectivity index (χ3n) is 5.49. The number of aliphatic imine (C=N–C) groups is 1. The molecule has 0 aromatic heterocycles. The maximum absolute atomic E-state index is 6.16. The summed E-state index contributed by atoms with van der Waals surface area (Å²) in [6, 6.07) is 26.4. The van der Waals surface area contributed by atoms with Gasteiger partial charge in [-0.3, -0.25) is 0 Å². The highest BCUT2D eigenvalue weighted by atomic mass is 32.1. The minimum Gasteiger partial charge on any atom is -0.494 e. The standard InChI is InChI=1S/C29H29N3OS/c30-29(27-14-4-5-15-28(27)34)32-24-18-16-22(17-19-24)9-6-7-20-33-26-13-8-12-25(21-26)31-23-10-2-1-3-11-23/h1-5,8,10-14,16-19,21,31H,6-7,9,15,20H2,(H2,30,32). The summed E-state index contributed by atoms with van der Waals surface area (Å²) in [6.45, 7) is 0.692. The molecule has 3 aromatic carbocycles. The molecule has 0 heterocycles. The summed E-state index contributed by atoms with van der Waals surface area (Å²) in [4.78, 5) is 5.37. The molecule has 0 spiro atoms. The van der Waals surface area contributed by atoms with Crippen molar-refractivity contribution in [3.8, 4) is 5.75 Å². The molecule has 0 bridgehead atoms. The minimum absolute atomic E-state index is 0.474. The predicted molar refractivity (Wildman–Crippen MR) is 147 cm³/mol. The molecular formula is C29H29N3OS. The number of rotatable bonds is 10. The minimum atomic E-state index is 0.474. The zero-order chi connectivity index (χ0) is 23.6. The van der Waals surface area contributed by atoms with Gasteiger partial charge < -0.3 is 15.8 Å². The number of hydrogen-bond donors (Lipinski definition) is 2. The van der Waals surface area contributed by atoms with Crippen molar-refractivity contribution < 1.29 is 4.74 Å². The normalized spacial score (nSPS) is 13.5. The number of hydrogen-bond acceptors (Lipinski definition) is 4. The molecule has 0 fully saturated rings. The Bertz CT molecular complexity index is 1200. The summed E-state index contributed by atoms with van der Waals surface area (Å²) in [7, 11) is 0. The Kier molecular flexibility index (Phi) is 8.25. The molecule has 3 N–H and O–H groups in total. The Morgan fingerprint density at radius 3 is 2.53 bits per heavy atom. The molecule has 0 unspecified atom stereocenters. The first-order chi connectivity index (χ1) is 16.7. The second-order valence-electron chi connectivity index (χ2n) is 8.12. The van der Waals surface area contributed by atoms with Crippen LogP contribution in [0.5, 0.6) is 5.75 Å². The molecule has 0 saturated heterocycles. The molecule has 34 heavy (non-hydrogen) atoms. The largest absolute Gasteiger partial charge is 0.494 e. The van der Waals surface area contributed by atoms with Crippen LogP contribution in [0.3, 0.4) is 0 Å². The van der Waals surface area contributed by atoms with Gasteiger partial charge in [0.05, 0.1) is 12.3 Å². The van der Waals surface area contributed by atoms with E-state index in [0.717, 1.165) is 58.9 Å². The topological polar surface area (TPSA) is 59.6 Å².